The molecule has 2 heterocycles. The van der Waals surface area contributed by atoms with Crippen LogP contribution in [0.1, 0.15) is 16.8 Å². The van der Waals surface area contributed by atoms with Crippen molar-refractivity contribution in [3.63, 3.8) is 0 Å². The van der Waals surface area contributed by atoms with Gasteiger partial charge in [0.25, 0.3) is 5.91 Å². The number of carbonyl (C=O) groups is 2. The predicted molar refractivity (Wildman–Crippen MR) is 92.3 cm³/mol. The number of hydrogen-bond donors (Lipinski definition) is 1. The lowest BCUT2D eigenvalue weighted by Crippen LogP contribution is -2.21. The van der Waals surface area contributed by atoms with Gasteiger partial charge in [-0.05, 0) is 37.1 Å². The minimum Gasteiger partial charge on any atom is -0.455 e. The molecule has 124 valence electrons. The van der Waals surface area contributed by atoms with Gasteiger partial charge < -0.3 is 10.1 Å². The van der Waals surface area contributed by atoms with E-state index in [1.165, 1.54) is 11.3 Å². The molecule has 7 heteroatoms. The van der Waals surface area contributed by atoms with Crippen molar-refractivity contribution in [3.05, 3.63) is 52.8 Å². The lowest BCUT2D eigenvalue weighted by atomic mass is 10.1. The zero-order valence-electron chi connectivity index (χ0n) is 13.4. The molecule has 0 aliphatic carbocycles. The van der Waals surface area contributed by atoms with E-state index in [-0.39, 0.29) is 18.9 Å². The van der Waals surface area contributed by atoms with Crippen LogP contribution in [0.3, 0.4) is 0 Å². The fraction of sp³-hybridized carbons (Fsp3) is 0.235. The lowest BCUT2D eigenvalue weighted by molar-refractivity contribution is -0.146. The Bertz CT molecular complexity index is 869. The van der Waals surface area contributed by atoms with Gasteiger partial charge in [0.1, 0.15) is 0 Å². The summed E-state index contributed by atoms with van der Waals surface area (Å²) in [5.74, 6) is -0.839. The Morgan fingerprint density at radius 2 is 2.12 bits per heavy atom. The highest BCUT2D eigenvalue weighted by Crippen LogP contribution is 2.14. The SMILES string of the molecule is Cc1ccc(NC(=O)COC(=O)Cc2cn3ccsc3n2)cc1C. The highest BCUT2D eigenvalue weighted by atomic mass is 32.1. The maximum Gasteiger partial charge on any atom is 0.312 e. The zero-order chi connectivity index (χ0) is 17.1. The predicted octanol–water partition coefficient (Wildman–Crippen LogP) is 2.74. The van der Waals surface area contributed by atoms with E-state index in [1.807, 2.05) is 48.0 Å². The molecule has 0 saturated carbocycles. The zero-order valence-corrected chi connectivity index (χ0v) is 14.2. The van der Waals surface area contributed by atoms with Gasteiger partial charge in [0, 0.05) is 23.5 Å². The Labute approximate surface area is 143 Å². The summed E-state index contributed by atoms with van der Waals surface area (Å²) in [6, 6.07) is 5.63. The molecule has 3 aromatic rings. The van der Waals surface area contributed by atoms with Gasteiger partial charge in [0.05, 0.1) is 12.1 Å². The van der Waals surface area contributed by atoms with E-state index in [4.69, 9.17) is 4.74 Å². The van der Waals surface area contributed by atoms with Gasteiger partial charge in [0.2, 0.25) is 0 Å². The van der Waals surface area contributed by atoms with Crippen LogP contribution in [0.4, 0.5) is 5.69 Å². The first kappa shape index (κ1) is 16.2. The number of nitrogens with zero attached hydrogens (tertiary/aromatic N) is 2. The number of anilines is 1. The molecule has 1 N–H and O–H groups in total. The molecule has 0 radical (unpaired) electrons. The molecule has 0 saturated heterocycles. The minimum absolute atomic E-state index is 0.0469. The molecule has 0 bridgehead atoms. The maximum absolute atomic E-state index is 11.9. The number of ether oxygens (including phenoxy) is 1. The molecule has 24 heavy (non-hydrogen) atoms. The molecule has 1 amide bonds. The van der Waals surface area contributed by atoms with E-state index in [1.54, 1.807) is 6.20 Å². The fourth-order valence-corrected chi connectivity index (χ4v) is 2.94. The number of aryl methyl sites for hydroxylation is 2. The van der Waals surface area contributed by atoms with E-state index in [0.29, 0.717) is 11.4 Å². The first-order chi connectivity index (χ1) is 11.5. The van der Waals surface area contributed by atoms with E-state index in [0.717, 1.165) is 16.1 Å². The van der Waals surface area contributed by atoms with Crippen LogP contribution < -0.4 is 5.32 Å². The third-order valence-corrected chi connectivity index (χ3v) is 4.39. The largest absolute Gasteiger partial charge is 0.455 e. The molecule has 6 nitrogen and oxygen atoms in total. The molecular formula is C17H17N3O3S. The van der Waals surface area contributed by atoms with Crippen LogP contribution in [0.2, 0.25) is 0 Å². The maximum atomic E-state index is 11.9. The minimum atomic E-state index is -0.476. The summed E-state index contributed by atoms with van der Waals surface area (Å²) in [5, 5.41) is 4.63. The van der Waals surface area contributed by atoms with Crippen molar-refractivity contribution in [1.29, 1.82) is 0 Å². The van der Waals surface area contributed by atoms with Crippen LogP contribution in [0.5, 0.6) is 0 Å². The highest BCUT2D eigenvalue weighted by Gasteiger charge is 2.12. The Hall–Kier alpha value is -2.67. The number of fused-ring (bicyclic) bond motifs is 1. The van der Waals surface area contributed by atoms with Gasteiger partial charge in [0.15, 0.2) is 11.6 Å². The first-order valence-electron chi connectivity index (χ1n) is 7.45. The van der Waals surface area contributed by atoms with Crippen LogP contribution in [-0.4, -0.2) is 27.9 Å². The van der Waals surface area contributed by atoms with Crippen molar-refractivity contribution in [2.45, 2.75) is 20.3 Å². The number of aromatic nitrogens is 2. The molecule has 0 fully saturated rings. The summed E-state index contributed by atoms with van der Waals surface area (Å²) in [6.07, 6.45) is 3.70. The topological polar surface area (TPSA) is 72.7 Å². The van der Waals surface area contributed by atoms with Gasteiger partial charge in [-0.1, -0.05) is 6.07 Å². The van der Waals surface area contributed by atoms with E-state index in [2.05, 4.69) is 10.3 Å². The first-order valence-corrected chi connectivity index (χ1v) is 8.33. The summed E-state index contributed by atoms with van der Waals surface area (Å²) in [4.78, 5) is 28.8. The Balaban J connectivity index is 1.49. The summed E-state index contributed by atoms with van der Waals surface area (Å²) in [6.45, 7) is 3.66. The van der Waals surface area contributed by atoms with Crippen molar-refractivity contribution in [2.75, 3.05) is 11.9 Å². The third-order valence-electron chi connectivity index (χ3n) is 3.62. The summed E-state index contributed by atoms with van der Waals surface area (Å²) < 4.78 is 6.86. The normalized spacial score (nSPS) is 10.8. The molecule has 0 unspecified atom stereocenters. The summed E-state index contributed by atoms with van der Waals surface area (Å²) in [5.41, 5.74) is 3.55. The second kappa shape index (κ2) is 6.84. The van der Waals surface area contributed by atoms with Crippen LogP contribution in [-0.2, 0) is 20.7 Å². The van der Waals surface area contributed by atoms with Gasteiger partial charge in [-0.25, -0.2) is 4.98 Å². The number of amides is 1. The molecule has 0 aliphatic rings. The number of nitrogens with one attached hydrogen (secondary N) is 1. The third kappa shape index (κ3) is 3.80. The number of esters is 1. The molecule has 0 aliphatic heterocycles. The molecule has 2 aromatic heterocycles. The van der Waals surface area contributed by atoms with Crippen molar-refractivity contribution < 1.29 is 14.3 Å². The number of hydrogen-bond acceptors (Lipinski definition) is 5. The number of imidazole rings is 1. The van der Waals surface area contributed by atoms with Crippen molar-refractivity contribution in [3.8, 4) is 0 Å². The average molecular weight is 343 g/mol. The summed E-state index contributed by atoms with van der Waals surface area (Å²) >= 11 is 1.49. The second-order valence-electron chi connectivity index (χ2n) is 5.51. The highest BCUT2D eigenvalue weighted by molar-refractivity contribution is 7.15. The number of thiazole rings is 1. The molecule has 3 rings (SSSR count). The number of carbonyl (C=O) groups excluding carboxylic acids is 2. The van der Waals surface area contributed by atoms with Gasteiger partial charge in [-0.3, -0.25) is 14.0 Å². The van der Waals surface area contributed by atoms with Crippen molar-refractivity contribution in [2.24, 2.45) is 0 Å². The van der Waals surface area contributed by atoms with Gasteiger partial charge in [-0.15, -0.1) is 11.3 Å². The van der Waals surface area contributed by atoms with Gasteiger partial charge in [-0.2, -0.15) is 0 Å². The van der Waals surface area contributed by atoms with Crippen LogP contribution >= 0.6 is 11.3 Å². The average Bonchev–Trinajstić information content (AvgIpc) is 3.10. The van der Waals surface area contributed by atoms with Crippen LogP contribution in [0.25, 0.3) is 4.96 Å². The Morgan fingerprint density at radius 3 is 2.88 bits per heavy atom. The molecule has 0 atom stereocenters. The monoisotopic (exact) mass is 343 g/mol. The molecule has 0 spiro atoms. The quantitative estimate of drug-likeness (QED) is 0.723. The Morgan fingerprint density at radius 1 is 1.29 bits per heavy atom. The number of benzene rings is 1. The molecule has 1 aromatic carbocycles. The lowest BCUT2D eigenvalue weighted by Gasteiger charge is -2.08. The number of rotatable bonds is 5. The van der Waals surface area contributed by atoms with Crippen LogP contribution in [0.15, 0.2) is 36.0 Å². The Kier molecular flexibility index (Phi) is 4.61. The van der Waals surface area contributed by atoms with Crippen LogP contribution in [0, 0.1) is 13.8 Å². The fourth-order valence-electron chi connectivity index (χ4n) is 2.22. The molecular weight excluding hydrogens is 326 g/mol. The van der Waals surface area contributed by atoms with Crippen molar-refractivity contribution >= 4 is 33.9 Å². The van der Waals surface area contributed by atoms with E-state index >= 15 is 0 Å². The van der Waals surface area contributed by atoms with E-state index in [9.17, 15) is 9.59 Å². The van der Waals surface area contributed by atoms with Gasteiger partial charge >= 0.3 is 5.97 Å². The van der Waals surface area contributed by atoms with E-state index < -0.39 is 5.97 Å². The smallest absolute Gasteiger partial charge is 0.312 e. The van der Waals surface area contributed by atoms with Crippen molar-refractivity contribution in [1.82, 2.24) is 9.38 Å². The second-order valence-corrected chi connectivity index (χ2v) is 6.38. The summed E-state index contributed by atoms with van der Waals surface area (Å²) in [7, 11) is 0. The standard InChI is InChI=1S/C17H17N3O3S/c1-11-3-4-13(7-12(11)2)18-15(21)10-23-16(22)8-14-9-20-5-6-24-17(20)19-14/h3-7,9H,8,10H2,1-2H3,(H,18,21).